The zero-order valence-corrected chi connectivity index (χ0v) is 12.4. The maximum atomic E-state index is 12.1. The van der Waals surface area contributed by atoms with Crippen LogP contribution in [0.4, 0.5) is 0 Å². The summed E-state index contributed by atoms with van der Waals surface area (Å²) in [4.78, 5) is 28.8. The van der Waals surface area contributed by atoms with Crippen molar-refractivity contribution >= 4 is 23.5 Å². The predicted octanol–water partition coefficient (Wildman–Crippen LogP) is 1.94. The third-order valence-corrected chi connectivity index (χ3v) is 3.84. The molecule has 0 bridgehead atoms. The van der Waals surface area contributed by atoms with Gasteiger partial charge in [0.05, 0.1) is 6.54 Å². The average Bonchev–Trinajstić information content (AvgIpc) is 2.63. The maximum absolute atomic E-state index is 12.1. The van der Waals surface area contributed by atoms with Crippen molar-refractivity contribution in [2.24, 2.45) is 5.41 Å². The second-order valence-electron chi connectivity index (χ2n) is 5.43. The lowest BCUT2D eigenvalue weighted by molar-refractivity contribution is -0.180. The van der Waals surface area contributed by atoms with Gasteiger partial charge in [0.2, 0.25) is 0 Å². The Kier molecular flexibility index (Phi) is 3.20. The summed E-state index contributed by atoms with van der Waals surface area (Å²) >= 11 is 6.18. The van der Waals surface area contributed by atoms with Crippen molar-refractivity contribution in [2.45, 2.75) is 20.4 Å². The number of hydrogen-bond donors (Lipinski definition) is 0. The molecule has 1 saturated heterocycles. The summed E-state index contributed by atoms with van der Waals surface area (Å²) in [6.07, 6.45) is 0. The van der Waals surface area contributed by atoms with Gasteiger partial charge in [0.25, 0.3) is 5.91 Å². The highest BCUT2D eigenvalue weighted by molar-refractivity contribution is 6.31. The fourth-order valence-corrected chi connectivity index (χ4v) is 2.35. The van der Waals surface area contributed by atoms with Gasteiger partial charge in [-0.1, -0.05) is 11.6 Å². The van der Waals surface area contributed by atoms with E-state index in [2.05, 4.69) is 0 Å². The molecule has 0 N–H and O–H groups in total. The van der Waals surface area contributed by atoms with Gasteiger partial charge >= 0.3 is 5.97 Å². The van der Waals surface area contributed by atoms with E-state index < -0.39 is 17.3 Å². The third kappa shape index (κ3) is 2.29. The Morgan fingerprint density at radius 1 is 1.19 bits per heavy atom. The number of benzene rings is 1. The van der Waals surface area contributed by atoms with E-state index in [0.29, 0.717) is 35.3 Å². The van der Waals surface area contributed by atoms with Crippen LogP contribution >= 0.6 is 11.6 Å². The highest BCUT2D eigenvalue weighted by atomic mass is 35.5. The standard InChI is InChI=1S/C14H14ClNO5/c1-14(2)12(17)16(21-13(14)18)7-8-5-10-11(6-9(8)15)20-4-3-19-10/h5-6H,3-4,7H2,1-2H3. The molecule has 0 aromatic heterocycles. The Bertz CT molecular complexity index is 628. The van der Waals surface area contributed by atoms with E-state index in [4.69, 9.17) is 25.9 Å². The first-order valence-electron chi connectivity index (χ1n) is 6.52. The summed E-state index contributed by atoms with van der Waals surface area (Å²) in [6.45, 7) is 4.06. The first-order valence-corrected chi connectivity index (χ1v) is 6.90. The molecule has 21 heavy (non-hydrogen) atoms. The molecule has 6 nitrogen and oxygen atoms in total. The molecule has 0 saturated carbocycles. The topological polar surface area (TPSA) is 65.1 Å². The van der Waals surface area contributed by atoms with Crippen LogP contribution in [0.1, 0.15) is 19.4 Å². The quantitative estimate of drug-likeness (QED) is 0.781. The Labute approximate surface area is 126 Å². The summed E-state index contributed by atoms with van der Waals surface area (Å²) in [5.41, 5.74) is -0.542. The number of rotatable bonds is 2. The molecule has 2 heterocycles. The smallest absolute Gasteiger partial charge is 0.347 e. The summed E-state index contributed by atoms with van der Waals surface area (Å²) < 4.78 is 10.9. The zero-order valence-electron chi connectivity index (χ0n) is 11.6. The second-order valence-corrected chi connectivity index (χ2v) is 5.84. The molecule has 0 spiro atoms. The SMILES string of the molecule is CC1(C)C(=O)ON(Cc2cc3c(cc2Cl)OCCO3)C1=O. The number of carbonyl (C=O) groups is 2. The van der Waals surface area contributed by atoms with Crippen LogP contribution in [0.25, 0.3) is 0 Å². The lowest BCUT2D eigenvalue weighted by atomic mass is 9.94. The predicted molar refractivity (Wildman–Crippen MR) is 72.9 cm³/mol. The molecule has 0 aliphatic carbocycles. The first kappa shape index (κ1) is 14.0. The molecular weight excluding hydrogens is 298 g/mol. The van der Waals surface area contributed by atoms with Crippen molar-refractivity contribution in [2.75, 3.05) is 13.2 Å². The van der Waals surface area contributed by atoms with Crippen LogP contribution in [-0.2, 0) is 21.0 Å². The largest absolute Gasteiger partial charge is 0.486 e. The molecule has 1 fully saturated rings. The van der Waals surface area contributed by atoms with Gasteiger partial charge in [-0.15, -0.1) is 0 Å². The average molecular weight is 312 g/mol. The number of halogens is 1. The van der Waals surface area contributed by atoms with Crippen molar-refractivity contribution in [3.05, 3.63) is 22.7 Å². The van der Waals surface area contributed by atoms with Crippen LogP contribution in [0.15, 0.2) is 12.1 Å². The zero-order chi connectivity index (χ0) is 15.2. The van der Waals surface area contributed by atoms with Gasteiger partial charge in [0.1, 0.15) is 18.6 Å². The summed E-state index contributed by atoms with van der Waals surface area (Å²) in [6, 6.07) is 3.34. The Hall–Kier alpha value is -1.95. The molecule has 112 valence electrons. The Balaban J connectivity index is 1.86. The fourth-order valence-electron chi connectivity index (χ4n) is 2.14. The number of amides is 1. The molecular formula is C14H14ClNO5. The van der Waals surface area contributed by atoms with Gasteiger partial charge in [0.15, 0.2) is 11.5 Å². The minimum atomic E-state index is -1.17. The highest BCUT2D eigenvalue weighted by Crippen LogP contribution is 2.37. The van der Waals surface area contributed by atoms with E-state index in [0.717, 1.165) is 5.06 Å². The molecule has 1 amide bonds. The number of hydroxylamine groups is 2. The van der Waals surface area contributed by atoms with Crippen molar-refractivity contribution in [1.82, 2.24) is 5.06 Å². The van der Waals surface area contributed by atoms with Gasteiger partial charge in [0, 0.05) is 11.1 Å². The molecule has 7 heteroatoms. The molecule has 3 rings (SSSR count). The minimum Gasteiger partial charge on any atom is -0.486 e. The van der Waals surface area contributed by atoms with Crippen molar-refractivity contribution in [3.63, 3.8) is 0 Å². The molecule has 1 aromatic rings. The molecule has 0 radical (unpaired) electrons. The number of nitrogens with zero attached hydrogens (tertiary/aromatic N) is 1. The van der Waals surface area contributed by atoms with Gasteiger partial charge in [-0.3, -0.25) is 4.79 Å². The van der Waals surface area contributed by atoms with Crippen molar-refractivity contribution < 1.29 is 23.9 Å². The third-order valence-electron chi connectivity index (χ3n) is 3.49. The Morgan fingerprint density at radius 2 is 1.81 bits per heavy atom. The van der Waals surface area contributed by atoms with Gasteiger partial charge in [-0.2, -0.15) is 5.06 Å². The second kappa shape index (κ2) is 4.80. The number of carbonyl (C=O) groups excluding carboxylic acids is 2. The lowest BCUT2D eigenvalue weighted by Gasteiger charge is -2.21. The van der Waals surface area contributed by atoms with Gasteiger partial charge in [-0.05, 0) is 25.5 Å². The molecule has 0 atom stereocenters. The Morgan fingerprint density at radius 3 is 2.38 bits per heavy atom. The fraction of sp³-hybridized carbons (Fsp3) is 0.429. The summed E-state index contributed by atoms with van der Waals surface area (Å²) in [5, 5.41) is 1.45. The van der Waals surface area contributed by atoms with Gasteiger partial charge < -0.3 is 14.3 Å². The van der Waals surface area contributed by atoms with Crippen LogP contribution in [0.2, 0.25) is 5.02 Å². The van der Waals surface area contributed by atoms with Crippen LogP contribution in [-0.4, -0.2) is 30.2 Å². The monoisotopic (exact) mass is 311 g/mol. The van der Waals surface area contributed by atoms with Crippen LogP contribution in [0.5, 0.6) is 11.5 Å². The number of ether oxygens (including phenoxy) is 2. The van der Waals surface area contributed by atoms with Crippen molar-refractivity contribution in [1.29, 1.82) is 0 Å². The van der Waals surface area contributed by atoms with E-state index in [9.17, 15) is 9.59 Å². The van der Waals surface area contributed by atoms with Crippen LogP contribution in [0, 0.1) is 5.41 Å². The molecule has 2 aliphatic heterocycles. The van der Waals surface area contributed by atoms with Gasteiger partial charge in [-0.25, -0.2) is 4.79 Å². The summed E-state index contributed by atoms with van der Waals surface area (Å²) in [7, 11) is 0. The van der Waals surface area contributed by atoms with Crippen LogP contribution in [0.3, 0.4) is 0 Å². The van der Waals surface area contributed by atoms with E-state index in [1.54, 1.807) is 12.1 Å². The van der Waals surface area contributed by atoms with E-state index in [1.807, 2.05) is 0 Å². The van der Waals surface area contributed by atoms with E-state index >= 15 is 0 Å². The summed E-state index contributed by atoms with van der Waals surface area (Å²) in [5.74, 6) is 0.178. The number of hydrogen-bond acceptors (Lipinski definition) is 5. The minimum absolute atomic E-state index is 0.0729. The van der Waals surface area contributed by atoms with Crippen LogP contribution < -0.4 is 9.47 Å². The normalized spacial score (nSPS) is 19.7. The molecule has 0 unspecified atom stereocenters. The molecule has 1 aromatic carbocycles. The maximum Gasteiger partial charge on any atom is 0.347 e. The number of fused-ring (bicyclic) bond motifs is 1. The molecule has 2 aliphatic rings. The van der Waals surface area contributed by atoms with E-state index in [-0.39, 0.29) is 6.54 Å². The van der Waals surface area contributed by atoms with Crippen molar-refractivity contribution in [3.8, 4) is 11.5 Å². The lowest BCUT2D eigenvalue weighted by Crippen LogP contribution is -2.31. The highest BCUT2D eigenvalue weighted by Gasteiger charge is 2.49. The first-order chi connectivity index (χ1) is 9.89. The van der Waals surface area contributed by atoms with E-state index in [1.165, 1.54) is 13.8 Å².